The minimum absolute atomic E-state index is 0.745. The fraction of sp³-hybridized carbons (Fsp3) is 0.176. The van der Waals surface area contributed by atoms with Gasteiger partial charge in [-0.2, -0.15) is 0 Å². The monoisotopic (exact) mass is 332 g/mol. The third-order valence-corrected chi connectivity index (χ3v) is 4.84. The second-order valence-electron chi connectivity index (χ2n) is 4.92. The van der Waals surface area contributed by atoms with E-state index in [1.165, 1.54) is 5.56 Å². The number of ether oxygens (including phenoxy) is 1. The molecule has 1 heterocycles. The molecule has 0 aliphatic heterocycles. The first-order valence-corrected chi connectivity index (χ1v) is 8.17. The fourth-order valence-electron chi connectivity index (χ4n) is 2.45. The van der Waals surface area contributed by atoms with Crippen molar-refractivity contribution in [2.75, 3.05) is 14.2 Å². The Labute approximate surface area is 139 Å². The number of fused-ring (bicyclic) bond motifs is 1. The van der Waals surface area contributed by atoms with Gasteiger partial charge in [-0.25, -0.2) is 0 Å². The maximum Gasteiger partial charge on any atom is 0.129 e. The maximum atomic E-state index is 6.17. The number of halogens is 1. The van der Waals surface area contributed by atoms with Crippen molar-refractivity contribution in [1.29, 1.82) is 0 Å². The average molecular weight is 333 g/mol. The van der Waals surface area contributed by atoms with Crippen molar-refractivity contribution in [2.45, 2.75) is 16.3 Å². The van der Waals surface area contributed by atoms with Gasteiger partial charge in [0.1, 0.15) is 5.75 Å². The lowest BCUT2D eigenvalue weighted by molar-refractivity contribution is 0.419. The Kier molecular flexibility index (Phi) is 4.62. The molecule has 2 N–H and O–H groups in total. The molecule has 3 nitrogen and oxygen atoms in total. The largest absolute Gasteiger partial charge is 0.496 e. The zero-order chi connectivity index (χ0) is 15.5. The fourth-order valence-corrected chi connectivity index (χ4v) is 3.81. The third kappa shape index (κ3) is 2.95. The van der Waals surface area contributed by atoms with E-state index < -0.39 is 0 Å². The van der Waals surface area contributed by atoms with E-state index in [1.807, 2.05) is 43.6 Å². The molecule has 3 rings (SSSR count). The van der Waals surface area contributed by atoms with Crippen LogP contribution >= 0.6 is 23.4 Å². The molecular formula is C17H17ClN2OS. The highest BCUT2D eigenvalue weighted by atomic mass is 35.5. The predicted molar refractivity (Wildman–Crippen MR) is 93.2 cm³/mol. The second-order valence-corrected chi connectivity index (χ2v) is 6.44. The standard InChI is InChI=1S/C17H17ClN2OS/c1-19-9-11-6-7-12(18)8-15(11)22-16-10-20-13-4-3-5-14(21-2)17(13)16/h3-8,10,19-20H,9H2,1-2H3. The van der Waals surface area contributed by atoms with Crippen molar-refractivity contribution in [3.8, 4) is 5.75 Å². The highest BCUT2D eigenvalue weighted by molar-refractivity contribution is 7.99. The van der Waals surface area contributed by atoms with Crippen LogP contribution in [0, 0.1) is 0 Å². The molecule has 0 spiro atoms. The van der Waals surface area contributed by atoms with Crippen molar-refractivity contribution >= 4 is 34.3 Å². The van der Waals surface area contributed by atoms with Crippen LogP contribution in [0.3, 0.4) is 0 Å². The molecule has 2 aromatic carbocycles. The van der Waals surface area contributed by atoms with E-state index in [9.17, 15) is 0 Å². The van der Waals surface area contributed by atoms with Gasteiger partial charge in [0.2, 0.25) is 0 Å². The molecule has 0 amide bonds. The number of rotatable bonds is 5. The number of aromatic nitrogens is 1. The van der Waals surface area contributed by atoms with Crippen molar-refractivity contribution in [1.82, 2.24) is 10.3 Å². The Bertz CT molecular complexity index is 800. The van der Waals surface area contributed by atoms with Gasteiger partial charge in [0.15, 0.2) is 0 Å². The zero-order valence-electron chi connectivity index (χ0n) is 12.4. The van der Waals surface area contributed by atoms with E-state index in [-0.39, 0.29) is 0 Å². The molecule has 0 saturated heterocycles. The molecule has 0 saturated carbocycles. The van der Waals surface area contributed by atoms with Gasteiger partial charge < -0.3 is 15.0 Å². The third-order valence-electron chi connectivity index (χ3n) is 3.47. The molecule has 0 atom stereocenters. The van der Waals surface area contributed by atoms with Crippen molar-refractivity contribution in [2.24, 2.45) is 0 Å². The summed E-state index contributed by atoms with van der Waals surface area (Å²) in [6.45, 7) is 0.805. The van der Waals surface area contributed by atoms with Crippen molar-refractivity contribution in [3.05, 3.63) is 53.2 Å². The van der Waals surface area contributed by atoms with Crippen LogP contribution in [0.1, 0.15) is 5.56 Å². The first-order chi connectivity index (χ1) is 10.7. The molecule has 0 aliphatic rings. The number of aromatic amines is 1. The molecule has 0 bridgehead atoms. The first kappa shape index (κ1) is 15.3. The number of nitrogens with one attached hydrogen (secondary N) is 2. The summed E-state index contributed by atoms with van der Waals surface area (Å²) in [5.74, 6) is 0.874. The van der Waals surface area contributed by atoms with Gasteiger partial charge in [-0.05, 0) is 36.9 Å². The lowest BCUT2D eigenvalue weighted by atomic mass is 10.2. The Morgan fingerprint density at radius 3 is 2.86 bits per heavy atom. The molecule has 22 heavy (non-hydrogen) atoms. The Morgan fingerprint density at radius 2 is 2.09 bits per heavy atom. The minimum Gasteiger partial charge on any atom is -0.496 e. The average Bonchev–Trinajstić information content (AvgIpc) is 2.93. The van der Waals surface area contributed by atoms with Gasteiger partial charge in [-0.15, -0.1) is 0 Å². The van der Waals surface area contributed by atoms with Crippen LogP contribution in [-0.2, 0) is 6.54 Å². The van der Waals surface area contributed by atoms with Crippen LogP contribution in [0.25, 0.3) is 10.9 Å². The van der Waals surface area contributed by atoms with Crippen LogP contribution in [0.15, 0.2) is 52.4 Å². The summed E-state index contributed by atoms with van der Waals surface area (Å²) in [6.07, 6.45) is 2.02. The minimum atomic E-state index is 0.745. The van der Waals surface area contributed by atoms with Gasteiger partial charge in [-0.1, -0.05) is 35.5 Å². The summed E-state index contributed by atoms with van der Waals surface area (Å²) in [7, 11) is 3.64. The molecular weight excluding hydrogens is 316 g/mol. The van der Waals surface area contributed by atoms with Crippen molar-refractivity contribution < 1.29 is 4.74 Å². The van der Waals surface area contributed by atoms with Crippen LogP contribution in [0.2, 0.25) is 5.02 Å². The summed E-state index contributed by atoms with van der Waals surface area (Å²) < 4.78 is 5.49. The van der Waals surface area contributed by atoms with Crippen LogP contribution < -0.4 is 10.1 Å². The van der Waals surface area contributed by atoms with E-state index in [0.717, 1.165) is 38.0 Å². The molecule has 3 aromatic rings. The number of H-pyrrole nitrogens is 1. The normalized spacial score (nSPS) is 11.0. The maximum absolute atomic E-state index is 6.17. The van der Waals surface area contributed by atoms with E-state index in [0.29, 0.717) is 0 Å². The molecule has 114 valence electrons. The smallest absolute Gasteiger partial charge is 0.129 e. The van der Waals surface area contributed by atoms with Crippen LogP contribution in [-0.4, -0.2) is 19.1 Å². The van der Waals surface area contributed by atoms with E-state index in [1.54, 1.807) is 18.9 Å². The molecule has 5 heteroatoms. The van der Waals surface area contributed by atoms with E-state index in [4.69, 9.17) is 16.3 Å². The summed E-state index contributed by atoms with van der Waals surface area (Å²) in [6, 6.07) is 12.0. The molecule has 0 unspecified atom stereocenters. The van der Waals surface area contributed by atoms with Gasteiger partial charge in [0.25, 0.3) is 0 Å². The van der Waals surface area contributed by atoms with Crippen LogP contribution in [0.4, 0.5) is 0 Å². The molecule has 0 fully saturated rings. The van der Waals surface area contributed by atoms with Crippen molar-refractivity contribution in [3.63, 3.8) is 0 Å². The summed E-state index contributed by atoms with van der Waals surface area (Å²) >= 11 is 7.87. The highest BCUT2D eigenvalue weighted by Crippen LogP contribution is 2.40. The summed E-state index contributed by atoms with van der Waals surface area (Å²) in [5, 5.41) is 5.04. The molecule has 0 aliphatic carbocycles. The second kappa shape index (κ2) is 6.65. The SMILES string of the molecule is CNCc1ccc(Cl)cc1Sc1c[nH]c2cccc(OC)c12. The van der Waals surface area contributed by atoms with E-state index in [2.05, 4.69) is 16.4 Å². The topological polar surface area (TPSA) is 37.0 Å². The van der Waals surface area contributed by atoms with Crippen LogP contribution in [0.5, 0.6) is 5.75 Å². The lowest BCUT2D eigenvalue weighted by Crippen LogP contribution is -2.05. The first-order valence-electron chi connectivity index (χ1n) is 6.98. The number of methoxy groups -OCH3 is 1. The highest BCUT2D eigenvalue weighted by Gasteiger charge is 2.12. The van der Waals surface area contributed by atoms with Gasteiger partial charge in [-0.3, -0.25) is 0 Å². The Hall–Kier alpha value is -1.62. The zero-order valence-corrected chi connectivity index (χ0v) is 14.0. The summed E-state index contributed by atoms with van der Waals surface area (Å²) in [4.78, 5) is 5.58. The number of hydrogen-bond acceptors (Lipinski definition) is 3. The number of benzene rings is 2. The predicted octanol–water partition coefficient (Wildman–Crippen LogP) is 4.70. The van der Waals surface area contributed by atoms with E-state index >= 15 is 0 Å². The number of hydrogen-bond donors (Lipinski definition) is 2. The lowest BCUT2D eigenvalue weighted by Gasteiger charge is -2.10. The Balaban J connectivity index is 2.05. The van der Waals surface area contributed by atoms with Gasteiger partial charge >= 0.3 is 0 Å². The van der Waals surface area contributed by atoms with Gasteiger partial charge in [0, 0.05) is 27.6 Å². The quantitative estimate of drug-likeness (QED) is 0.711. The molecule has 1 aromatic heterocycles. The Morgan fingerprint density at radius 1 is 1.23 bits per heavy atom. The molecule has 0 radical (unpaired) electrons. The summed E-state index contributed by atoms with van der Waals surface area (Å²) in [5.41, 5.74) is 2.29. The van der Waals surface area contributed by atoms with Gasteiger partial charge in [0.05, 0.1) is 18.0 Å².